The van der Waals surface area contributed by atoms with Gasteiger partial charge in [-0.25, -0.2) is 4.98 Å². The molecule has 1 aromatic heterocycles. The lowest BCUT2D eigenvalue weighted by molar-refractivity contribution is 0.111. The summed E-state index contributed by atoms with van der Waals surface area (Å²) in [5.74, 6) is 0.288. The zero-order valence-corrected chi connectivity index (χ0v) is 9.01. The predicted molar refractivity (Wildman–Crippen MR) is 59.4 cm³/mol. The number of hydrogen-bond acceptors (Lipinski definition) is 2. The number of nitrogens with zero attached hydrogens (tertiary/aromatic N) is 1. The van der Waals surface area contributed by atoms with E-state index in [9.17, 15) is 4.79 Å². The van der Waals surface area contributed by atoms with E-state index in [1.54, 1.807) is 24.4 Å². The van der Waals surface area contributed by atoms with Crippen LogP contribution in [0, 0.1) is 0 Å². The molecule has 0 bridgehead atoms. The number of rotatable bonds is 2. The Kier molecular flexibility index (Phi) is 2.75. The van der Waals surface area contributed by atoms with E-state index in [0.717, 1.165) is 11.3 Å². The van der Waals surface area contributed by atoms with Crippen molar-refractivity contribution in [2.45, 2.75) is 0 Å². The van der Waals surface area contributed by atoms with Crippen LogP contribution in [0.15, 0.2) is 24.4 Å². The lowest BCUT2D eigenvalue weighted by Crippen LogP contribution is -1.82. The third-order valence-corrected chi connectivity index (χ3v) is 2.68. The van der Waals surface area contributed by atoms with Gasteiger partial charge in [0.05, 0.1) is 21.9 Å². The van der Waals surface area contributed by atoms with Gasteiger partial charge in [-0.3, -0.25) is 4.79 Å². The molecular weight excluding hydrogens is 235 g/mol. The third-order valence-electron chi connectivity index (χ3n) is 1.94. The normalized spacial score (nSPS) is 10.3. The van der Waals surface area contributed by atoms with E-state index in [-0.39, 0.29) is 5.82 Å². The molecule has 1 heterocycles. The molecule has 1 N–H and O–H groups in total. The summed E-state index contributed by atoms with van der Waals surface area (Å²) in [4.78, 5) is 17.1. The molecule has 0 spiro atoms. The summed E-state index contributed by atoms with van der Waals surface area (Å²) in [5, 5.41) is 0.965. The molecule has 0 saturated carbocycles. The van der Waals surface area contributed by atoms with Crippen LogP contribution in [0.5, 0.6) is 0 Å². The molecule has 0 unspecified atom stereocenters. The van der Waals surface area contributed by atoms with Crippen molar-refractivity contribution in [3.05, 3.63) is 40.3 Å². The van der Waals surface area contributed by atoms with E-state index in [2.05, 4.69) is 9.97 Å². The Morgan fingerprint density at radius 1 is 1.27 bits per heavy atom. The van der Waals surface area contributed by atoms with Crippen LogP contribution in [0.2, 0.25) is 10.0 Å². The van der Waals surface area contributed by atoms with Crippen LogP contribution >= 0.6 is 23.2 Å². The molecule has 0 amide bonds. The Hall–Kier alpha value is -1.32. The zero-order chi connectivity index (χ0) is 10.8. The lowest BCUT2D eigenvalue weighted by Gasteiger charge is -1.99. The van der Waals surface area contributed by atoms with E-state index >= 15 is 0 Å². The second-order valence-corrected chi connectivity index (χ2v) is 3.74. The predicted octanol–water partition coefficient (Wildman–Crippen LogP) is 3.20. The van der Waals surface area contributed by atoms with Gasteiger partial charge in [-0.05, 0) is 12.1 Å². The van der Waals surface area contributed by atoms with Crippen molar-refractivity contribution in [1.82, 2.24) is 9.97 Å². The van der Waals surface area contributed by atoms with Crippen molar-refractivity contribution in [1.29, 1.82) is 0 Å². The van der Waals surface area contributed by atoms with Crippen molar-refractivity contribution in [2.75, 3.05) is 0 Å². The molecule has 2 aromatic rings. The Morgan fingerprint density at radius 2 is 2.07 bits per heavy atom. The molecule has 0 radical (unpaired) electrons. The summed E-state index contributed by atoms with van der Waals surface area (Å²) in [5.41, 5.74) is 1.57. The molecule has 0 fully saturated rings. The molecule has 0 aliphatic carbocycles. The van der Waals surface area contributed by atoms with E-state index in [1.807, 2.05) is 0 Å². The maximum absolute atomic E-state index is 10.4. The van der Waals surface area contributed by atoms with Gasteiger partial charge in [-0.1, -0.05) is 29.3 Å². The minimum absolute atomic E-state index is 0.288. The molecule has 0 saturated heterocycles. The summed E-state index contributed by atoms with van der Waals surface area (Å²) < 4.78 is 0. The fourth-order valence-electron chi connectivity index (χ4n) is 1.21. The average molecular weight is 241 g/mol. The van der Waals surface area contributed by atoms with Crippen molar-refractivity contribution < 1.29 is 4.79 Å². The lowest BCUT2D eigenvalue weighted by atomic mass is 10.2. The SMILES string of the molecule is O=Cc1ncc(-c2ccc(Cl)c(Cl)c2)[nH]1. The van der Waals surface area contributed by atoms with Gasteiger partial charge in [0.25, 0.3) is 0 Å². The van der Waals surface area contributed by atoms with Gasteiger partial charge in [0.15, 0.2) is 12.1 Å². The van der Waals surface area contributed by atoms with Crippen LogP contribution in [0.4, 0.5) is 0 Å². The molecule has 15 heavy (non-hydrogen) atoms. The number of carbonyl (C=O) groups is 1. The highest BCUT2D eigenvalue weighted by Crippen LogP contribution is 2.27. The van der Waals surface area contributed by atoms with Crippen molar-refractivity contribution in [3.8, 4) is 11.3 Å². The molecule has 3 nitrogen and oxygen atoms in total. The smallest absolute Gasteiger partial charge is 0.185 e. The number of aromatic nitrogens is 2. The first-order valence-corrected chi connectivity index (χ1v) is 4.92. The van der Waals surface area contributed by atoms with E-state index in [0.29, 0.717) is 16.3 Å². The van der Waals surface area contributed by atoms with Crippen molar-refractivity contribution >= 4 is 29.5 Å². The maximum atomic E-state index is 10.4. The van der Waals surface area contributed by atoms with E-state index in [4.69, 9.17) is 23.2 Å². The highest BCUT2D eigenvalue weighted by Gasteiger charge is 2.04. The third kappa shape index (κ3) is 2.03. The monoisotopic (exact) mass is 240 g/mol. The summed E-state index contributed by atoms with van der Waals surface area (Å²) >= 11 is 11.7. The van der Waals surface area contributed by atoms with Gasteiger partial charge >= 0.3 is 0 Å². The van der Waals surface area contributed by atoms with Gasteiger partial charge in [-0.15, -0.1) is 0 Å². The summed E-state index contributed by atoms with van der Waals surface area (Å²) in [6.45, 7) is 0. The van der Waals surface area contributed by atoms with Crippen LogP contribution < -0.4 is 0 Å². The Bertz CT molecular complexity index is 508. The first kappa shape index (κ1) is 10.2. The molecule has 76 valence electrons. The van der Waals surface area contributed by atoms with Crippen LogP contribution in [-0.2, 0) is 0 Å². The molecule has 0 atom stereocenters. The highest BCUT2D eigenvalue weighted by molar-refractivity contribution is 6.42. The number of carbonyl (C=O) groups excluding carboxylic acids is 1. The molecule has 0 aliphatic rings. The van der Waals surface area contributed by atoms with Gasteiger partial charge in [-0.2, -0.15) is 0 Å². The topological polar surface area (TPSA) is 45.8 Å². The second kappa shape index (κ2) is 4.04. The van der Waals surface area contributed by atoms with Gasteiger partial charge in [0.2, 0.25) is 0 Å². The average Bonchev–Trinajstić information content (AvgIpc) is 2.70. The first-order valence-electron chi connectivity index (χ1n) is 4.16. The second-order valence-electron chi connectivity index (χ2n) is 2.93. The number of benzene rings is 1. The quantitative estimate of drug-likeness (QED) is 0.820. The van der Waals surface area contributed by atoms with Crippen molar-refractivity contribution in [3.63, 3.8) is 0 Å². The molecule has 0 aliphatic heterocycles. The molecule has 2 rings (SSSR count). The zero-order valence-electron chi connectivity index (χ0n) is 7.50. The standard InChI is InChI=1S/C10H6Cl2N2O/c11-7-2-1-6(3-8(7)12)9-4-13-10(5-15)14-9/h1-5H,(H,13,14). The Balaban J connectivity index is 2.44. The summed E-state index contributed by atoms with van der Waals surface area (Å²) in [7, 11) is 0. The fraction of sp³-hybridized carbons (Fsp3) is 0. The number of nitrogens with one attached hydrogen (secondary N) is 1. The van der Waals surface area contributed by atoms with E-state index < -0.39 is 0 Å². The summed E-state index contributed by atoms with van der Waals surface area (Å²) in [6.07, 6.45) is 2.23. The van der Waals surface area contributed by atoms with Crippen LogP contribution in [0.1, 0.15) is 10.6 Å². The molecular formula is C10H6Cl2N2O. The Morgan fingerprint density at radius 3 is 2.67 bits per heavy atom. The number of imidazole rings is 1. The van der Waals surface area contributed by atoms with Gasteiger partial charge in [0, 0.05) is 5.56 Å². The minimum Gasteiger partial charge on any atom is -0.336 e. The van der Waals surface area contributed by atoms with Crippen LogP contribution in [0.3, 0.4) is 0 Å². The minimum atomic E-state index is 0.288. The van der Waals surface area contributed by atoms with Crippen molar-refractivity contribution in [2.24, 2.45) is 0 Å². The number of aromatic amines is 1. The Labute approximate surface area is 96.1 Å². The number of H-pyrrole nitrogens is 1. The number of hydrogen-bond donors (Lipinski definition) is 1. The fourth-order valence-corrected chi connectivity index (χ4v) is 1.50. The largest absolute Gasteiger partial charge is 0.336 e. The van der Waals surface area contributed by atoms with Crippen LogP contribution in [-0.4, -0.2) is 16.3 Å². The molecule has 5 heteroatoms. The highest BCUT2D eigenvalue weighted by atomic mass is 35.5. The summed E-state index contributed by atoms with van der Waals surface area (Å²) in [6, 6.07) is 5.21. The van der Waals surface area contributed by atoms with Gasteiger partial charge in [0.1, 0.15) is 0 Å². The maximum Gasteiger partial charge on any atom is 0.185 e. The number of halogens is 2. The number of aldehydes is 1. The van der Waals surface area contributed by atoms with Gasteiger partial charge < -0.3 is 4.98 Å². The molecule has 1 aromatic carbocycles. The van der Waals surface area contributed by atoms with Crippen LogP contribution in [0.25, 0.3) is 11.3 Å². The van der Waals surface area contributed by atoms with E-state index in [1.165, 1.54) is 0 Å². The first-order chi connectivity index (χ1) is 7.20.